The Kier molecular flexibility index (Phi) is 4.20. The van der Waals surface area contributed by atoms with Crippen molar-refractivity contribution in [3.05, 3.63) is 59.7 Å². The summed E-state index contributed by atoms with van der Waals surface area (Å²) in [4.78, 5) is 29.3. The molecule has 0 atom stereocenters. The second-order valence-corrected chi connectivity index (χ2v) is 6.19. The first-order valence-corrected chi connectivity index (χ1v) is 8.50. The lowest BCUT2D eigenvalue weighted by atomic mass is 10.2. The predicted octanol–water partition coefficient (Wildman–Crippen LogP) is 3.21. The Morgan fingerprint density at radius 1 is 1.15 bits per heavy atom. The molecule has 4 rings (SSSR count). The number of amides is 1. The van der Waals surface area contributed by atoms with Crippen molar-refractivity contribution in [3.63, 3.8) is 0 Å². The van der Waals surface area contributed by atoms with E-state index in [0.29, 0.717) is 22.2 Å². The summed E-state index contributed by atoms with van der Waals surface area (Å²) in [5.74, 6) is -0.376. The molecule has 0 unspecified atom stereocenters. The third-order valence-corrected chi connectivity index (χ3v) is 4.37. The molecule has 0 fully saturated rings. The average molecular weight is 364 g/mol. The van der Waals surface area contributed by atoms with Crippen molar-refractivity contribution in [2.45, 2.75) is 6.92 Å². The van der Waals surface area contributed by atoms with E-state index in [1.807, 2.05) is 24.4 Å². The van der Waals surface area contributed by atoms with E-state index < -0.39 is 0 Å². The minimum Gasteiger partial charge on any atom is -0.363 e. The number of pyridine rings is 1. The lowest BCUT2D eigenvalue weighted by Crippen LogP contribution is -2.12. The summed E-state index contributed by atoms with van der Waals surface area (Å²) < 4.78 is 4.95. The monoisotopic (exact) mass is 364 g/mol. The summed E-state index contributed by atoms with van der Waals surface area (Å²) >= 11 is 1.32. The number of aryl methyl sites for hydroxylation is 1. The molecular formula is C17H12N6O2S. The van der Waals surface area contributed by atoms with Crippen LogP contribution in [0.15, 0.2) is 53.1 Å². The lowest BCUT2D eigenvalue weighted by molar-refractivity contribution is 0.102. The van der Waals surface area contributed by atoms with Crippen molar-refractivity contribution in [1.29, 1.82) is 0 Å². The second-order valence-electron chi connectivity index (χ2n) is 5.33. The number of hydrogen-bond donors (Lipinski definition) is 1. The van der Waals surface area contributed by atoms with Crippen LogP contribution in [-0.4, -0.2) is 31.0 Å². The van der Waals surface area contributed by atoms with Crippen LogP contribution in [0.25, 0.3) is 22.8 Å². The lowest BCUT2D eigenvalue weighted by Gasteiger charge is -2.01. The molecule has 0 aliphatic rings. The van der Waals surface area contributed by atoms with Gasteiger partial charge in [-0.05, 0) is 24.6 Å². The number of aromatic nitrogens is 5. The fourth-order valence-electron chi connectivity index (χ4n) is 2.37. The first-order valence-electron chi connectivity index (χ1n) is 7.62. The number of thiazole rings is 1. The first kappa shape index (κ1) is 16.0. The fraction of sp³-hybridized carbons (Fsp3) is 0.0588. The van der Waals surface area contributed by atoms with Gasteiger partial charge in [-0.15, -0.1) is 11.3 Å². The van der Waals surface area contributed by atoms with Crippen molar-refractivity contribution in [3.8, 4) is 22.8 Å². The topological polar surface area (TPSA) is 107 Å². The molecule has 4 aromatic rings. The number of nitrogens with zero attached hydrogens (tertiary/aromatic N) is 5. The molecule has 1 N–H and O–H groups in total. The third kappa shape index (κ3) is 3.07. The smallest absolute Gasteiger partial charge is 0.263 e. The molecule has 0 aliphatic heterocycles. The Balaban J connectivity index is 1.57. The minimum absolute atomic E-state index is 0.273. The number of carbonyl (C=O) groups is 1. The van der Waals surface area contributed by atoms with Crippen LogP contribution >= 0.6 is 11.3 Å². The minimum atomic E-state index is -0.376. The Morgan fingerprint density at radius 3 is 2.88 bits per heavy atom. The van der Waals surface area contributed by atoms with Gasteiger partial charge in [-0.1, -0.05) is 11.2 Å². The molecule has 0 aliphatic carbocycles. The first-order chi connectivity index (χ1) is 12.7. The van der Waals surface area contributed by atoms with Crippen LogP contribution in [-0.2, 0) is 0 Å². The van der Waals surface area contributed by atoms with Crippen LogP contribution in [0.3, 0.4) is 0 Å². The van der Waals surface area contributed by atoms with Gasteiger partial charge >= 0.3 is 0 Å². The van der Waals surface area contributed by atoms with Gasteiger partial charge in [-0.3, -0.25) is 15.1 Å². The molecule has 0 radical (unpaired) electrons. The van der Waals surface area contributed by atoms with E-state index in [1.165, 1.54) is 23.9 Å². The maximum atomic E-state index is 12.6. The Hall–Kier alpha value is -3.46. The highest BCUT2D eigenvalue weighted by molar-refractivity contribution is 7.14. The molecule has 1 amide bonds. The summed E-state index contributed by atoms with van der Waals surface area (Å²) in [5.41, 5.74) is 3.64. The maximum absolute atomic E-state index is 12.6. The summed E-state index contributed by atoms with van der Waals surface area (Å²) in [5, 5.41) is 8.94. The highest BCUT2D eigenvalue weighted by Gasteiger charge is 2.20. The zero-order valence-electron chi connectivity index (χ0n) is 13.6. The van der Waals surface area contributed by atoms with Gasteiger partial charge in [0.1, 0.15) is 29.5 Å². The van der Waals surface area contributed by atoms with Crippen molar-refractivity contribution in [2.24, 2.45) is 0 Å². The standard InChI is InChI=1S/C17H12N6O2S/c1-10-3-2-5-19-14(10)13-8-26-17(21-13)22-16(24)11-7-25-23-15(11)12-4-6-18-9-20-12/h2-9H,1H3,(H,21,22,24). The van der Waals surface area contributed by atoms with E-state index in [-0.39, 0.29) is 11.5 Å². The third-order valence-electron chi connectivity index (χ3n) is 3.62. The number of carbonyl (C=O) groups excluding carboxylic acids is 1. The highest BCUT2D eigenvalue weighted by Crippen LogP contribution is 2.27. The van der Waals surface area contributed by atoms with E-state index in [9.17, 15) is 4.79 Å². The van der Waals surface area contributed by atoms with Crippen molar-refractivity contribution >= 4 is 22.4 Å². The summed E-state index contributed by atoms with van der Waals surface area (Å²) in [6.45, 7) is 1.96. The van der Waals surface area contributed by atoms with Crippen LogP contribution in [0.1, 0.15) is 15.9 Å². The maximum Gasteiger partial charge on any atom is 0.263 e. The molecule has 8 nitrogen and oxygen atoms in total. The molecule has 128 valence electrons. The van der Waals surface area contributed by atoms with Crippen LogP contribution in [0.2, 0.25) is 0 Å². The number of anilines is 1. The van der Waals surface area contributed by atoms with E-state index in [4.69, 9.17) is 4.52 Å². The van der Waals surface area contributed by atoms with Crippen molar-refractivity contribution in [1.82, 2.24) is 25.1 Å². The second kappa shape index (κ2) is 6.81. The molecule has 0 bridgehead atoms. The van der Waals surface area contributed by atoms with Gasteiger partial charge in [0.15, 0.2) is 5.13 Å². The van der Waals surface area contributed by atoms with Gasteiger partial charge in [-0.25, -0.2) is 15.0 Å². The zero-order valence-corrected chi connectivity index (χ0v) is 14.4. The van der Waals surface area contributed by atoms with Gasteiger partial charge in [0, 0.05) is 17.8 Å². The Morgan fingerprint density at radius 2 is 2.08 bits per heavy atom. The molecule has 26 heavy (non-hydrogen) atoms. The van der Waals surface area contributed by atoms with Gasteiger partial charge in [-0.2, -0.15) is 0 Å². The largest absolute Gasteiger partial charge is 0.363 e. The molecule has 0 saturated carbocycles. The Bertz CT molecular complexity index is 1060. The molecule has 0 spiro atoms. The average Bonchev–Trinajstić information content (AvgIpc) is 3.32. The van der Waals surface area contributed by atoms with E-state index in [2.05, 4.69) is 30.4 Å². The Labute approximate surface area is 152 Å². The quantitative estimate of drug-likeness (QED) is 0.592. The summed E-state index contributed by atoms with van der Waals surface area (Å²) in [6.07, 6.45) is 5.95. The zero-order chi connectivity index (χ0) is 17.9. The number of nitrogens with one attached hydrogen (secondary N) is 1. The van der Waals surface area contributed by atoms with Crippen LogP contribution in [0.4, 0.5) is 5.13 Å². The predicted molar refractivity (Wildman–Crippen MR) is 95.6 cm³/mol. The van der Waals surface area contributed by atoms with Crippen LogP contribution in [0.5, 0.6) is 0 Å². The summed E-state index contributed by atoms with van der Waals surface area (Å²) in [6, 6.07) is 5.49. The SMILES string of the molecule is Cc1cccnc1-c1csc(NC(=O)c2conc2-c2ccncn2)n1. The molecular weight excluding hydrogens is 352 g/mol. The molecule has 9 heteroatoms. The van der Waals surface area contributed by atoms with Crippen molar-refractivity contribution in [2.75, 3.05) is 5.32 Å². The van der Waals surface area contributed by atoms with Crippen LogP contribution in [0, 0.1) is 6.92 Å². The highest BCUT2D eigenvalue weighted by atomic mass is 32.1. The van der Waals surface area contributed by atoms with Gasteiger partial charge in [0.2, 0.25) is 0 Å². The van der Waals surface area contributed by atoms with Crippen molar-refractivity contribution < 1.29 is 9.32 Å². The van der Waals surface area contributed by atoms with Gasteiger partial charge in [0.25, 0.3) is 5.91 Å². The van der Waals surface area contributed by atoms with E-state index >= 15 is 0 Å². The molecule has 0 saturated heterocycles. The van der Waals surface area contributed by atoms with E-state index in [1.54, 1.807) is 18.5 Å². The number of hydrogen-bond acceptors (Lipinski definition) is 8. The normalized spacial score (nSPS) is 10.7. The summed E-state index contributed by atoms with van der Waals surface area (Å²) in [7, 11) is 0. The van der Waals surface area contributed by atoms with Gasteiger partial charge < -0.3 is 4.52 Å². The van der Waals surface area contributed by atoms with Crippen LogP contribution < -0.4 is 5.32 Å². The molecule has 0 aromatic carbocycles. The van der Waals surface area contributed by atoms with Gasteiger partial charge in [0.05, 0.1) is 11.4 Å². The number of rotatable bonds is 4. The molecule has 4 aromatic heterocycles. The molecule has 4 heterocycles. The fourth-order valence-corrected chi connectivity index (χ4v) is 3.06. The van der Waals surface area contributed by atoms with E-state index in [0.717, 1.165) is 11.3 Å².